The van der Waals surface area contributed by atoms with E-state index in [1.54, 1.807) is 0 Å². The zero-order chi connectivity index (χ0) is 15.0. The third-order valence-electron chi connectivity index (χ3n) is 4.06. The molecule has 0 aromatic carbocycles. The summed E-state index contributed by atoms with van der Waals surface area (Å²) in [6, 6.07) is -0.173. The highest BCUT2D eigenvalue weighted by atomic mass is 19.4. The van der Waals surface area contributed by atoms with Gasteiger partial charge in [0.05, 0.1) is 12.5 Å². The van der Waals surface area contributed by atoms with Gasteiger partial charge in [-0.3, -0.25) is 0 Å². The maximum Gasteiger partial charge on any atom is 0.392 e. The van der Waals surface area contributed by atoms with Crippen molar-refractivity contribution in [3.8, 4) is 0 Å². The van der Waals surface area contributed by atoms with Crippen LogP contribution in [-0.4, -0.2) is 32.0 Å². The quantitative estimate of drug-likeness (QED) is 0.679. The number of hydrogen-bond donors (Lipinski definition) is 1. The van der Waals surface area contributed by atoms with Crippen LogP contribution in [0.5, 0.6) is 0 Å². The SMILES string of the molecule is CCCNC(COCCC)C1CCCCC1C(F)(F)F. The molecule has 120 valence electrons. The average Bonchev–Trinajstić information content (AvgIpc) is 2.42. The van der Waals surface area contributed by atoms with Gasteiger partial charge in [-0.05, 0) is 38.1 Å². The molecule has 0 aromatic heterocycles. The number of rotatable bonds is 8. The van der Waals surface area contributed by atoms with Crippen LogP contribution in [0.25, 0.3) is 0 Å². The standard InChI is InChI=1S/C15H28F3NO/c1-3-9-19-14(11-20-10-4-2)12-7-5-6-8-13(12)15(16,17)18/h12-14,19H,3-11H2,1-2H3. The van der Waals surface area contributed by atoms with E-state index < -0.39 is 12.1 Å². The first kappa shape index (κ1) is 17.8. The van der Waals surface area contributed by atoms with Crippen molar-refractivity contribution in [1.82, 2.24) is 5.32 Å². The molecule has 0 heterocycles. The molecule has 3 atom stereocenters. The fraction of sp³-hybridized carbons (Fsp3) is 1.00. The molecule has 20 heavy (non-hydrogen) atoms. The van der Waals surface area contributed by atoms with E-state index in [9.17, 15) is 13.2 Å². The summed E-state index contributed by atoms with van der Waals surface area (Å²) in [7, 11) is 0. The molecule has 2 nitrogen and oxygen atoms in total. The zero-order valence-electron chi connectivity index (χ0n) is 12.6. The first-order valence-corrected chi connectivity index (χ1v) is 7.88. The van der Waals surface area contributed by atoms with Crippen LogP contribution in [0.2, 0.25) is 0 Å². The molecule has 1 aliphatic rings. The number of halogens is 3. The molecule has 0 bridgehead atoms. The molecule has 1 fully saturated rings. The summed E-state index contributed by atoms with van der Waals surface area (Å²) in [6.45, 7) is 5.80. The molecule has 1 aliphatic carbocycles. The minimum atomic E-state index is -4.08. The Balaban J connectivity index is 2.68. The lowest BCUT2D eigenvalue weighted by atomic mass is 9.75. The van der Waals surface area contributed by atoms with Crippen LogP contribution in [0.4, 0.5) is 13.2 Å². The van der Waals surface area contributed by atoms with Gasteiger partial charge in [0.2, 0.25) is 0 Å². The Bertz CT molecular complexity index is 258. The van der Waals surface area contributed by atoms with Gasteiger partial charge in [-0.1, -0.05) is 26.7 Å². The molecule has 0 saturated heterocycles. The molecule has 0 radical (unpaired) electrons. The maximum absolute atomic E-state index is 13.2. The van der Waals surface area contributed by atoms with E-state index in [1.807, 2.05) is 13.8 Å². The third-order valence-corrected chi connectivity index (χ3v) is 4.06. The molecular formula is C15H28F3NO. The molecular weight excluding hydrogens is 267 g/mol. The normalized spacial score (nSPS) is 25.6. The van der Waals surface area contributed by atoms with Crippen molar-refractivity contribution >= 4 is 0 Å². The maximum atomic E-state index is 13.2. The lowest BCUT2D eigenvalue weighted by Gasteiger charge is -2.38. The highest BCUT2D eigenvalue weighted by Gasteiger charge is 2.47. The van der Waals surface area contributed by atoms with E-state index in [0.29, 0.717) is 26.1 Å². The van der Waals surface area contributed by atoms with E-state index in [2.05, 4.69) is 5.32 Å². The Kier molecular flexibility index (Phi) is 7.88. The van der Waals surface area contributed by atoms with E-state index in [0.717, 1.165) is 25.8 Å². The van der Waals surface area contributed by atoms with Crippen LogP contribution >= 0.6 is 0 Å². The lowest BCUT2D eigenvalue weighted by molar-refractivity contribution is -0.200. The highest BCUT2D eigenvalue weighted by Crippen LogP contribution is 2.42. The molecule has 0 aromatic rings. The van der Waals surface area contributed by atoms with Crippen molar-refractivity contribution in [3.05, 3.63) is 0 Å². The summed E-state index contributed by atoms with van der Waals surface area (Å²) in [6.07, 6.45) is 0.253. The van der Waals surface area contributed by atoms with Gasteiger partial charge < -0.3 is 10.1 Å². The topological polar surface area (TPSA) is 21.3 Å². The molecule has 1 rings (SSSR count). The number of ether oxygens (including phenoxy) is 1. The smallest absolute Gasteiger partial charge is 0.380 e. The molecule has 0 spiro atoms. The van der Waals surface area contributed by atoms with Crippen molar-refractivity contribution in [3.63, 3.8) is 0 Å². The Morgan fingerprint density at radius 3 is 2.45 bits per heavy atom. The number of hydrogen-bond acceptors (Lipinski definition) is 2. The summed E-state index contributed by atoms with van der Waals surface area (Å²) in [5, 5.41) is 3.28. The van der Waals surface area contributed by atoms with Crippen molar-refractivity contribution in [2.45, 2.75) is 64.6 Å². The zero-order valence-corrected chi connectivity index (χ0v) is 12.6. The van der Waals surface area contributed by atoms with E-state index in [-0.39, 0.29) is 18.4 Å². The van der Waals surface area contributed by atoms with Crippen LogP contribution in [0.1, 0.15) is 52.4 Å². The Hall–Kier alpha value is -0.290. The lowest BCUT2D eigenvalue weighted by Crippen LogP contribution is -2.48. The van der Waals surface area contributed by atoms with Crippen LogP contribution < -0.4 is 5.32 Å². The van der Waals surface area contributed by atoms with E-state index >= 15 is 0 Å². The highest BCUT2D eigenvalue weighted by molar-refractivity contribution is 4.88. The minimum absolute atomic E-state index is 0.173. The van der Waals surface area contributed by atoms with Gasteiger partial charge in [0.1, 0.15) is 0 Å². The molecule has 5 heteroatoms. The Morgan fingerprint density at radius 2 is 1.85 bits per heavy atom. The van der Waals surface area contributed by atoms with Crippen LogP contribution in [0.15, 0.2) is 0 Å². The fourth-order valence-corrected chi connectivity index (χ4v) is 3.07. The predicted octanol–water partition coefficient (Wildman–Crippen LogP) is 4.15. The van der Waals surface area contributed by atoms with Gasteiger partial charge in [-0.15, -0.1) is 0 Å². The molecule has 1 saturated carbocycles. The van der Waals surface area contributed by atoms with Crippen molar-refractivity contribution in [2.24, 2.45) is 11.8 Å². The third kappa shape index (κ3) is 5.60. The van der Waals surface area contributed by atoms with Crippen molar-refractivity contribution < 1.29 is 17.9 Å². The summed E-state index contributed by atoms with van der Waals surface area (Å²) < 4.78 is 45.1. The largest absolute Gasteiger partial charge is 0.392 e. The first-order valence-electron chi connectivity index (χ1n) is 7.88. The Morgan fingerprint density at radius 1 is 1.15 bits per heavy atom. The van der Waals surface area contributed by atoms with Gasteiger partial charge >= 0.3 is 6.18 Å². The van der Waals surface area contributed by atoms with Crippen LogP contribution in [-0.2, 0) is 4.74 Å². The van der Waals surface area contributed by atoms with Gasteiger partial charge in [-0.2, -0.15) is 13.2 Å². The van der Waals surface area contributed by atoms with E-state index in [4.69, 9.17) is 4.74 Å². The summed E-state index contributed by atoms with van der Waals surface area (Å²) in [5.74, 6) is -1.51. The van der Waals surface area contributed by atoms with Crippen molar-refractivity contribution in [1.29, 1.82) is 0 Å². The molecule has 1 N–H and O–H groups in total. The fourth-order valence-electron chi connectivity index (χ4n) is 3.07. The summed E-state index contributed by atoms with van der Waals surface area (Å²) in [5.41, 5.74) is 0. The molecule has 0 amide bonds. The number of alkyl halides is 3. The molecule has 3 unspecified atom stereocenters. The second-order valence-electron chi connectivity index (χ2n) is 5.73. The average molecular weight is 295 g/mol. The van der Waals surface area contributed by atoms with Crippen LogP contribution in [0, 0.1) is 11.8 Å². The predicted molar refractivity (Wildman–Crippen MR) is 74.7 cm³/mol. The second kappa shape index (κ2) is 8.88. The van der Waals surface area contributed by atoms with Crippen molar-refractivity contribution in [2.75, 3.05) is 19.8 Å². The second-order valence-corrected chi connectivity index (χ2v) is 5.73. The van der Waals surface area contributed by atoms with Gasteiger partial charge in [-0.25, -0.2) is 0 Å². The van der Waals surface area contributed by atoms with Gasteiger partial charge in [0.15, 0.2) is 0 Å². The van der Waals surface area contributed by atoms with E-state index in [1.165, 1.54) is 0 Å². The Labute approximate surface area is 120 Å². The van der Waals surface area contributed by atoms with Crippen LogP contribution in [0.3, 0.4) is 0 Å². The molecule has 0 aliphatic heterocycles. The van der Waals surface area contributed by atoms with Gasteiger partial charge in [0, 0.05) is 12.6 Å². The first-order chi connectivity index (χ1) is 9.50. The summed E-state index contributed by atoms with van der Waals surface area (Å²) >= 11 is 0. The van der Waals surface area contributed by atoms with Gasteiger partial charge in [0.25, 0.3) is 0 Å². The monoisotopic (exact) mass is 295 g/mol. The minimum Gasteiger partial charge on any atom is -0.380 e. The summed E-state index contributed by atoms with van der Waals surface area (Å²) in [4.78, 5) is 0. The number of nitrogens with one attached hydrogen (secondary N) is 1.